The van der Waals surface area contributed by atoms with Crippen molar-refractivity contribution in [2.24, 2.45) is 0 Å². The van der Waals surface area contributed by atoms with Gasteiger partial charge < -0.3 is 9.47 Å². The monoisotopic (exact) mass is 290 g/mol. The predicted octanol–water partition coefficient (Wildman–Crippen LogP) is 4.13. The number of benzene rings is 2. The van der Waals surface area contributed by atoms with Crippen LogP contribution in [0.4, 0.5) is 0 Å². The Hall–Kier alpha value is -2.00. The molecule has 20 heavy (non-hydrogen) atoms. The van der Waals surface area contributed by atoms with Crippen LogP contribution in [0.2, 0.25) is 5.02 Å². The Bertz CT molecular complexity index is 623. The van der Waals surface area contributed by atoms with Gasteiger partial charge in [-0.2, -0.15) is 0 Å². The maximum absolute atomic E-state index is 11.7. The van der Waals surface area contributed by atoms with Gasteiger partial charge in [0.2, 0.25) is 0 Å². The van der Waals surface area contributed by atoms with Gasteiger partial charge in [-0.1, -0.05) is 29.8 Å². The third-order valence-electron chi connectivity index (χ3n) is 2.84. The summed E-state index contributed by atoms with van der Waals surface area (Å²) in [6.45, 7) is 1.83. The maximum atomic E-state index is 11.7. The first-order chi connectivity index (χ1) is 9.61. The van der Waals surface area contributed by atoms with Gasteiger partial charge in [-0.15, -0.1) is 0 Å². The minimum atomic E-state index is -0.0939. The van der Waals surface area contributed by atoms with E-state index in [-0.39, 0.29) is 5.78 Å². The van der Waals surface area contributed by atoms with Crippen molar-refractivity contribution in [3.8, 4) is 11.5 Å². The summed E-state index contributed by atoms with van der Waals surface area (Å²) in [6.07, 6.45) is 0. The van der Waals surface area contributed by atoms with E-state index in [1.807, 2.05) is 18.2 Å². The first-order valence-corrected chi connectivity index (χ1v) is 6.55. The Kier molecular flexibility index (Phi) is 4.64. The molecule has 0 atom stereocenters. The third kappa shape index (κ3) is 3.31. The molecule has 0 heterocycles. The SMILES string of the molecule is COc1cccc(OCc2cccc(Cl)c2)c1C(C)=O. The average molecular weight is 291 g/mol. The van der Waals surface area contributed by atoms with Crippen LogP contribution >= 0.6 is 11.6 Å². The molecule has 0 spiro atoms. The van der Waals surface area contributed by atoms with Crippen LogP contribution in [-0.4, -0.2) is 12.9 Å². The number of rotatable bonds is 5. The van der Waals surface area contributed by atoms with Crippen LogP contribution in [0.3, 0.4) is 0 Å². The molecule has 0 fully saturated rings. The summed E-state index contributed by atoms with van der Waals surface area (Å²) in [6, 6.07) is 12.7. The van der Waals surface area contributed by atoms with Gasteiger partial charge in [-0.3, -0.25) is 4.79 Å². The molecule has 0 saturated carbocycles. The zero-order valence-corrected chi connectivity index (χ0v) is 12.1. The highest BCUT2D eigenvalue weighted by Gasteiger charge is 2.14. The lowest BCUT2D eigenvalue weighted by atomic mass is 10.1. The largest absolute Gasteiger partial charge is 0.496 e. The number of hydrogen-bond acceptors (Lipinski definition) is 3. The predicted molar refractivity (Wildman–Crippen MR) is 78.8 cm³/mol. The molecule has 0 N–H and O–H groups in total. The highest BCUT2D eigenvalue weighted by molar-refractivity contribution is 6.30. The van der Waals surface area contributed by atoms with Crippen LogP contribution in [0, 0.1) is 0 Å². The lowest BCUT2D eigenvalue weighted by Crippen LogP contribution is -2.04. The molecule has 2 aromatic carbocycles. The first kappa shape index (κ1) is 14.4. The second-order valence-corrected chi connectivity index (χ2v) is 4.74. The third-order valence-corrected chi connectivity index (χ3v) is 3.08. The lowest BCUT2D eigenvalue weighted by Gasteiger charge is -2.13. The van der Waals surface area contributed by atoms with Crippen molar-refractivity contribution in [2.75, 3.05) is 7.11 Å². The molecule has 0 aliphatic carbocycles. The molecule has 0 aliphatic rings. The van der Waals surface area contributed by atoms with E-state index in [2.05, 4.69) is 0 Å². The van der Waals surface area contributed by atoms with Crippen molar-refractivity contribution in [3.63, 3.8) is 0 Å². The number of halogens is 1. The van der Waals surface area contributed by atoms with Gasteiger partial charge in [-0.05, 0) is 36.8 Å². The Morgan fingerprint density at radius 2 is 1.85 bits per heavy atom. The van der Waals surface area contributed by atoms with Gasteiger partial charge in [0.1, 0.15) is 23.7 Å². The van der Waals surface area contributed by atoms with E-state index in [4.69, 9.17) is 21.1 Å². The van der Waals surface area contributed by atoms with Crippen LogP contribution in [0.25, 0.3) is 0 Å². The number of carbonyl (C=O) groups excluding carboxylic acids is 1. The van der Waals surface area contributed by atoms with Gasteiger partial charge in [0.05, 0.1) is 7.11 Å². The Labute approximate surface area is 123 Å². The standard InChI is InChI=1S/C16H15ClO3/c1-11(18)16-14(19-2)7-4-8-15(16)20-10-12-5-3-6-13(17)9-12/h3-9H,10H2,1-2H3. The number of ketones is 1. The number of carbonyl (C=O) groups is 1. The molecular weight excluding hydrogens is 276 g/mol. The van der Waals surface area contributed by atoms with Crippen molar-refractivity contribution in [1.29, 1.82) is 0 Å². The normalized spacial score (nSPS) is 10.2. The Morgan fingerprint density at radius 1 is 1.15 bits per heavy atom. The van der Waals surface area contributed by atoms with Gasteiger partial charge in [-0.25, -0.2) is 0 Å². The number of methoxy groups -OCH3 is 1. The molecule has 0 bridgehead atoms. The molecule has 0 radical (unpaired) electrons. The van der Waals surface area contributed by atoms with Crippen LogP contribution in [0.1, 0.15) is 22.8 Å². The van der Waals surface area contributed by atoms with E-state index in [0.29, 0.717) is 28.7 Å². The molecule has 3 nitrogen and oxygen atoms in total. The van der Waals surface area contributed by atoms with Gasteiger partial charge in [0.25, 0.3) is 0 Å². The highest BCUT2D eigenvalue weighted by atomic mass is 35.5. The van der Waals surface area contributed by atoms with Crippen molar-refractivity contribution >= 4 is 17.4 Å². The summed E-state index contributed by atoms with van der Waals surface area (Å²) >= 11 is 5.93. The molecular formula is C16H15ClO3. The fraction of sp³-hybridized carbons (Fsp3) is 0.188. The van der Waals surface area contributed by atoms with Crippen molar-refractivity contribution in [2.45, 2.75) is 13.5 Å². The Balaban J connectivity index is 2.23. The minimum absolute atomic E-state index is 0.0939. The molecule has 0 amide bonds. The zero-order chi connectivity index (χ0) is 14.5. The summed E-state index contributed by atoms with van der Waals surface area (Å²) in [5.74, 6) is 0.932. The second kappa shape index (κ2) is 6.44. The quantitative estimate of drug-likeness (QED) is 0.777. The molecule has 2 aromatic rings. The molecule has 4 heteroatoms. The van der Waals surface area contributed by atoms with Crippen LogP contribution in [0.15, 0.2) is 42.5 Å². The minimum Gasteiger partial charge on any atom is -0.496 e. The molecule has 0 aliphatic heterocycles. The molecule has 0 saturated heterocycles. The van der Waals surface area contributed by atoms with Crippen molar-refractivity contribution in [3.05, 3.63) is 58.6 Å². The average Bonchev–Trinajstić information content (AvgIpc) is 2.44. The van der Waals surface area contributed by atoms with E-state index in [0.717, 1.165) is 5.56 Å². The number of hydrogen-bond donors (Lipinski definition) is 0. The summed E-state index contributed by atoms with van der Waals surface area (Å²) in [7, 11) is 1.53. The number of ether oxygens (including phenoxy) is 2. The maximum Gasteiger partial charge on any atom is 0.167 e. The summed E-state index contributed by atoms with van der Waals surface area (Å²) < 4.78 is 10.9. The zero-order valence-electron chi connectivity index (χ0n) is 11.4. The van der Waals surface area contributed by atoms with Crippen molar-refractivity contribution in [1.82, 2.24) is 0 Å². The van der Waals surface area contributed by atoms with E-state index in [9.17, 15) is 4.79 Å². The Morgan fingerprint density at radius 3 is 2.50 bits per heavy atom. The molecule has 2 rings (SSSR count). The lowest BCUT2D eigenvalue weighted by molar-refractivity contribution is 0.101. The van der Waals surface area contributed by atoms with E-state index in [1.165, 1.54) is 14.0 Å². The first-order valence-electron chi connectivity index (χ1n) is 6.17. The fourth-order valence-electron chi connectivity index (χ4n) is 1.94. The molecule has 0 unspecified atom stereocenters. The fourth-order valence-corrected chi connectivity index (χ4v) is 2.15. The van der Waals surface area contributed by atoms with Crippen LogP contribution < -0.4 is 9.47 Å². The summed E-state index contributed by atoms with van der Waals surface area (Å²) in [5, 5.41) is 0.656. The topological polar surface area (TPSA) is 35.5 Å². The summed E-state index contributed by atoms with van der Waals surface area (Å²) in [5.41, 5.74) is 1.40. The van der Waals surface area contributed by atoms with E-state index < -0.39 is 0 Å². The molecule has 104 valence electrons. The molecule has 0 aromatic heterocycles. The van der Waals surface area contributed by atoms with Crippen LogP contribution in [0.5, 0.6) is 11.5 Å². The number of Topliss-reactive ketones (excluding diaryl/α,β-unsaturated/α-hetero) is 1. The smallest absolute Gasteiger partial charge is 0.167 e. The van der Waals surface area contributed by atoms with E-state index >= 15 is 0 Å². The van der Waals surface area contributed by atoms with Gasteiger partial charge in [0.15, 0.2) is 5.78 Å². The van der Waals surface area contributed by atoms with Gasteiger partial charge >= 0.3 is 0 Å². The van der Waals surface area contributed by atoms with Crippen molar-refractivity contribution < 1.29 is 14.3 Å². The van der Waals surface area contributed by atoms with Gasteiger partial charge in [0, 0.05) is 5.02 Å². The summed E-state index contributed by atoms with van der Waals surface area (Å²) in [4.78, 5) is 11.7. The second-order valence-electron chi connectivity index (χ2n) is 4.31. The van der Waals surface area contributed by atoms with E-state index in [1.54, 1.807) is 24.3 Å². The highest BCUT2D eigenvalue weighted by Crippen LogP contribution is 2.29. The van der Waals surface area contributed by atoms with Crippen LogP contribution in [-0.2, 0) is 6.61 Å².